The molecule has 6 heteroatoms. The molecule has 0 radical (unpaired) electrons. The van der Waals surface area contributed by atoms with E-state index in [2.05, 4.69) is 15.9 Å². The number of aliphatic carboxylic acids is 1. The summed E-state index contributed by atoms with van der Waals surface area (Å²) < 4.78 is 26.2. The average Bonchev–Trinajstić information content (AvgIpc) is 2.14. The number of phenolic OH excluding ortho intramolecular Hbond substituents is 1. The van der Waals surface area contributed by atoms with E-state index in [4.69, 9.17) is 10.2 Å². The van der Waals surface area contributed by atoms with Crippen LogP contribution in [0.2, 0.25) is 0 Å². The number of benzene rings is 1. The molecule has 2 N–H and O–H groups in total. The number of carboxylic acid groups (broad SMARTS) is 1. The highest BCUT2D eigenvalue weighted by atomic mass is 79.9. The third-order valence-electron chi connectivity index (χ3n) is 1.82. The van der Waals surface area contributed by atoms with Crippen molar-refractivity contribution in [1.82, 2.24) is 0 Å². The van der Waals surface area contributed by atoms with E-state index in [1.54, 1.807) is 0 Å². The first-order valence-corrected chi connectivity index (χ1v) is 4.80. The van der Waals surface area contributed by atoms with Crippen LogP contribution in [0.5, 0.6) is 5.75 Å². The van der Waals surface area contributed by atoms with Gasteiger partial charge in [0, 0.05) is 18.1 Å². The van der Waals surface area contributed by atoms with Crippen molar-refractivity contribution in [1.29, 1.82) is 0 Å². The van der Waals surface area contributed by atoms with Crippen LogP contribution in [0.1, 0.15) is 12.0 Å². The molecule has 0 fully saturated rings. The SMILES string of the molecule is O=C(O)CCc1c(F)cc(O)c(Br)c1F. The highest BCUT2D eigenvalue weighted by molar-refractivity contribution is 9.10. The van der Waals surface area contributed by atoms with Crippen LogP contribution in [-0.2, 0) is 11.2 Å². The van der Waals surface area contributed by atoms with E-state index in [0.717, 1.165) is 6.07 Å². The summed E-state index contributed by atoms with van der Waals surface area (Å²) in [6.45, 7) is 0. The van der Waals surface area contributed by atoms with Gasteiger partial charge in [0.25, 0.3) is 0 Å². The molecule has 1 aromatic carbocycles. The van der Waals surface area contributed by atoms with Gasteiger partial charge in [-0.2, -0.15) is 0 Å². The Morgan fingerprint density at radius 1 is 1.47 bits per heavy atom. The lowest BCUT2D eigenvalue weighted by molar-refractivity contribution is -0.136. The minimum absolute atomic E-state index is 0.258. The van der Waals surface area contributed by atoms with E-state index in [9.17, 15) is 13.6 Å². The number of carbonyl (C=O) groups is 1. The van der Waals surface area contributed by atoms with E-state index in [1.165, 1.54) is 0 Å². The summed E-state index contributed by atoms with van der Waals surface area (Å²) >= 11 is 2.73. The van der Waals surface area contributed by atoms with Crippen LogP contribution in [0.25, 0.3) is 0 Å². The van der Waals surface area contributed by atoms with Crippen molar-refractivity contribution in [3.05, 3.63) is 27.7 Å². The fourth-order valence-electron chi connectivity index (χ4n) is 1.08. The van der Waals surface area contributed by atoms with Crippen molar-refractivity contribution < 1.29 is 23.8 Å². The number of aromatic hydroxyl groups is 1. The van der Waals surface area contributed by atoms with E-state index in [-0.39, 0.29) is 22.9 Å². The summed E-state index contributed by atoms with van der Waals surface area (Å²) in [5.74, 6) is -3.61. The fourth-order valence-corrected chi connectivity index (χ4v) is 1.44. The predicted octanol–water partition coefficient (Wildman–Crippen LogP) is 2.45. The molecular formula is C9H7BrF2O3. The van der Waals surface area contributed by atoms with Gasteiger partial charge < -0.3 is 10.2 Å². The standard InChI is InChI=1S/C9H7BrF2O3/c10-8-6(13)3-5(11)4(9(8)12)1-2-7(14)15/h3,13H,1-2H2,(H,14,15). The Balaban J connectivity index is 3.07. The van der Waals surface area contributed by atoms with Gasteiger partial charge in [0.15, 0.2) is 0 Å². The Morgan fingerprint density at radius 2 is 2.07 bits per heavy atom. The molecule has 0 aliphatic carbocycles. The minimum atomic E-state index is -1.14. The van der Waals surface area contributed by atoms with E-state index < -0.39 is 23.4 Å². The second-order valence-electron chi connectivity index (χ2n) is 2.88. The van der Waals surface area contributed by atoms with Gasteiger partial charge in [-0.15, -0.1) is 0 Å². The molecular weight excluding hydrogens is 274 g/mol. The highest BCUT2D eigenvalue weighted by Gasteiger charge is 2.17. The molecule has 82 valence electrons. The van der Waals surface area contributed by atoms with Gasteiger partial charge in [-0.1, -0.05) is 0 Å². The van der Waals surface area contributed by atoms with Gasteiger partial charge in [0.1, 0.15) is 17.4 Å². The van der Waals surface area contributed by atoms with Crippen LogP contribution < -0.4 is 0 Å². The lowest BCUT2D eigenvalue weighted by Crippen LogP contribution is -2.02. The van der Waals surface area contributed by atoms with E-state index >= 15 is 0 Å². The smallest absolute Gasteiger partial charge is 0.303 e. The lowest BCUT2D eigenvalue weighted by atomic mass is 10.1. The Morgan fingerprint density at radius 3 is 2.60 bits per heavy atom. The maximum atomic E-state index is 13.3. The molecule has 0 atom stereocenters. The summed E-state index contributed by atoms with van der Waals surface area (Å²) in [6.07, 6.45) is -0.628. The normalized spacial score (nSPS) is 10.3. The maximum absolute atomic E-state index is 13.3. The van der Waals surface area contributed by atoms with Gasteiger partial charge in [0.05, 0.1) is 4.47 Å². The molecule has 15 heavy (non-hydrogen) atoms. The van der Waals surface area contributed by atoms with Gasteiger partial charge >= 0.3 is 5.97 Å². The molecule has 0 aromatic heterocycles. The Bertz CT molecular complexity index is 407. The maximum Gasteiger partial charge on any atom is 0.303 e. The van der Waals surface area contributed by atoms with Crippen LogP contribution in [0.3, 0.4) is 0 Å². The molecule has 0 heterocycles. The summed E-state index contributed by atoms with van der Waals surface area (Å²) in [7, 11) is 0. The molecule has 0 amide bonds. The highest BCUT2D eigenvalue weighted by Crippen LogP contribution is 2.31. The van der Waals surface area contributed by atoms with Crippen molar-refractivity contribution in [2.24, 2.45) is 0 Å². The minimum Gasteiger partial charge on any atom is -0.507 e. The third-order valence-corrected chi connectivity index (χ3v) is 2.58. The summed E-state index contributed by atoms with van der Waals surface area (Å²) in [5.41, 5.74) is -0.345. The zero-order valence-corrected chi connectivity index (χ0v) is 9.01. The van der Waals surface area contributed by atoms with Crippen molar-refractivity contribution in [2.75, 3.05) is 0 Å². The number of carboxylic acids is 1. The molecule has 1 rings (SSSR count). The van der Waals surface area contributed by atoms with Gasteiger partial charge in [-0.25, -0.2) is 8.78 Å². The second-order valence-corrected chi connectivity index (χ2v) is 3.67. The van der Waals surface area contributed by atoms with Crippen LogP contribution in [0.15, 0.2) is 10.5 Å². The molecule has 0 unspecified atom stereocenters. The summed E-state index contributed by atoms with van der Waals surface area (Å²) in [5, 5.41) is 17.4. The first kappa shape index (κ1) is 11.9. The molecule has 3 nitrogen and oxygen atoms in total. The quantitative estimate of drug-likeness (QED) is 0.837. The Labute approximate surface area is 92.5 Å². The van der Waals surface area contributed by atoms with Crippen molar-refractivity contribution in [3.63, 3.8) is 0 Å². The van der Waals surface area contributed by atoms with Crippen LogP contribution >= 0.6 is 15.9 Å². The van der Waals surface area contributed by atoms with E-state index in [1.807, 2.05) is 0 Å². The largest absolute Gasteiger partial charge is 0.507 e. The predicted molar refractivity (Wildman–Crippen MR) is 51.7 cm³/mol. The molecule has 0 saturated heterocycles. The second kappa shape index (κ2) is 4.57. The fraction of sp³-hybridized carbons (Fsp3) is 0.222. The Hall–Kier alpha value is -1.17. The summed E-state index contributed by atoms with van der Waals surface area (Å²) in [6, 6.07) is 0.740. The summed E-state index contributed by atoms with van der Waals surface area (Å²) in [4.78, 5) is 10.2. The zero-order chi connectivity index (χ0) is 11.6. The van der Waals surface area contributed by atoms with Gasteiger partial charge in [-0.3, -0.25) is 4.79 Å². The van der Waals surface area contributed by atoms with Crippen molar-refractivity contribution in [2.45, 2.75) is 12.8 Å². The Kier molecular flexibility index (Phi) is 3.62. The lowest BCUT2D eigenvalue weighted by Gasteiger charge is -2.06. The first-order chi connectivity index (χ1) is 6.93. The topological polar surface area (TPSA) is 57.5 Å². The number of hydrogen-bond acceptors (Lipinski definition) is 2. The molecule has 1 aromatic rings. The first-order valence-electron chi connectivity index (χ1n) is 4.00. The number of phenols is 1. The van der Waals surface area contributed by atoms with Crippen LogP contribution in [0.4, 0.5) is 8.78 Å². The molecule has 0 saturated carbocycles. The molecule has 0 aliphatic heterocycles. The number of rotatable bonds is 3. The monoisotopic (exact) mass is 280 g/mol. The number of hydrogen-bond donors (Lipinski definition) is 2. The van der Waals surface area contributed by atoms with E-state index in [0.29, 0.717) is 0 Å². The zero-order valence-electron chi connectivity index (χ0n) is 7.43. The van der Waals surface area contributed by atoms with Crippen LogP contribution in [-0.4, -0.2) is 16.2 Å². The third kappa shape index (κ3) is 2.65. The van der Waals surface area contributed by atoms with Crippen molar-refractivity contribution >= 4 is 21.9 Å². The van der Waals surface area contributed by atoms with Crippen LogP contribution in [0, 0.1) is 11.6 Å². The molecule has 0 aliphatic rings. The molecule has 0 bridgehead atoms. The molecule has 0 spiro atoms. The average molecular weight is 281 g/mol. The van der Waals surface area contributed by atoms with Gasteiger partial charge in [-0.05, 0) is 22.4 Å². The van der Waals surface area contributed by atoms with Crippen molar-refractivity contribution in [3.8, 4) is 5.75 Å². The van der Waals surface area contributed by atoms with Gasteiger partial charge in [0.2, 0.25) is 0 Å². The number of halogens is 3.